The van der Waals surface area contributed by atoms with Crippen molar-refractivity contribution in [2.45, 2.75) is 25.4 Å². The van der Waals surface area contributed by atoms with E-state index in [1.54, 1.807) is 0 Å². The average Bonchev–Trinajstić information content (AvgIpc) is 3.45. The van der Waals surface area contributed by atoms with Crippen LogP contribution in [-0.4, -0.2) is 63.9 Å². The minimum atomic E-state index is -0.540. The van der Waals surface area contributed by atoms with Crippen molar-refractivity contribution in [3.63, 3.8) is 0 Å². The Morgan fingerprint density at radius 2 is 1.88 bits per heavy atom. The van der Waals surface area contributed by atoms with Crippen molar-refractivity contribution in [3.8, 4) is 5.75 Å². The molecule has 1 aromatic rings. The number of rotatable bonds is 15. The van der Waals surface area contributed by atoms with E-state index in [0.29, 0.717) is 39.5 Å². The van der Waals surface area contributed by atoms with Crippen LogP contribution in [0.25, 0.3) is 0 Å². The fourth-order valence-corrected chi connectivity index (χ4v) is 2.32. The van der Waals surface area contributed by atoms with Crippen LogP contribution in [0.1, 0.15) is 18.4 Å². The van der Waals surface area contributed by atoms with E-state index >= 15 is 0 Å². The minimum absolute atomic E-state index is 0.265. The molecule has 1 aliphatic rings. The summed E-state index contributed by atoms with van der Waals surface area (Å²) in [5.41, 5.74) is 6.59. The first kappa shape index (κ1) is 20.1. The maximum absolute atomic E-state index is 9.78. The number of hydrogen-bond donors (Lipinski definition) is 3. The van der Waals surface area contributed by atoms with Crippen molar-refractivity contribution in [1.29, 1.82) is 0 Å². The highest BCUT2D eigenvalue weighted by Gasteiger charge is 2.20. The first-order valence-electron chi connectivity index (χ1n) is 9.24. The second kappa shape index (κ2) is 12.2. The second-order valence-corrected chi connectivity index (χ2v) is 6.48. The number of nitrogens with two attached hydrogens (primary N) is 1. The van der Waals surface area contributed by atoms with Crippen LogP contribution in [0.15, 0.2) is 24.3 Å². The summed E-state index contributed by atoms with van der Waals surface area (Å²) >= 11 is 0. The number of ether oxygens (including phenoxy) is 3. The van der Waals surface area contributed by atoms with Gasteiger partial charge in [-0.2, -0.15) is 0 Å². The van der Waals surface area contributed by atoms with Crippen LogP contribution in [0.5, 0.6) is 5.75 Å². The first-order chi connectivity index (χ1) is 12.3. The van der Waals surface area contributed by atoms with E-state index in [2.05, 4.69) is 5.32 Å². The standard InChI is InChI=1S/C19H32N2O4/c20-8-9-21-13-18(22)15-25-19-5-3-16(4-6-19)7-10-23-11-12-24-14-17-1-2-17/h3-6,17-18,21-22H,1-2,7-15,20H2/t18-/m0/s1. The van der Waals surface area contributed by atoms with E-state index in [1.807, 2.05) is 24.3 Å². The van der Waals surface area contributed by atoms with E-state index in [9.17, 15) is 5.11 Å². The third-order valence-electron chi connectivity index (χ3n) is 4.02. The van der Waals surface area contributed by atoms with Gasteiger partial charge in [0, 0.05) is 26.2 Å². The van der Waals surface area contributed by atoms with Gasteiger partial charge in [0.15, 0.2) is 0 Å². The van der Waals surface area contributed by atoms with Crippen molar-refractivity contribution in [3.05, 3.63) is 29.8 Å². The van der Waals surface area contributed by atoms with Crippen LogP contribution >= 0.6 is 0 Å². The fourth-order valence-electron chi connectivity index (χ4n) is 2.32. The van der Waals surface area contributed by atoms with Crippen LogP contribution in [0, 0.1) is 5.92 Å². The Labute approximate surface area is 150 Å². The van der Waals surface area contributed by atoms with E-state index < -0.39 is 6.10 Å². The van der Waals surface area contributed by atoms with Gasteiger partial charge in [0.05, 0.1) is 19.8 Å². The molecular weight excluding hydrogens is 320 g/mol. The lowest BCUT2D eigenvalue weighted by molar-refractivity contribution is 0.0448. The molecule has 1 fully saturated rings. The molecule has 2 rings (SSSR count). The zero-order valence-corrected chi connectivity index (χ0v) is 15.0. The Hall–Kier alpha value is -1.18. The zero-order valence-electron chi connectivity index (χ0n) is 15.0. The summed E-state index contributed by atoms with van der Waals surface area (Å²) in [6.45, 7) is 4.93. The molecule has 1 aromatic carbocycles. The predicted octanol–water partition coefficient (Wildman–Crippen LogP) is 0.960. The van der Waals surface area contributed by atoms with Gasteiger partial charge >= 0.3 is 0 Å². The molecule has 0 aliphatic heterocycles. The summed E-state index contributed by atoms with van der Waals surface area (Å²) < 4.78 is 16.7. The van der Waals surface area contributed by atoms with Crippen molar-refractivity contribution >= 4 is 0 Å². The van der Waals surface area contributed by atoms with E-state index in [-0.39, 0.29) is 6.61 Å². The summed E-state index contributed by atoms with van der Waals surface area (Å²) in [6, 6.07) is 7.91. The van der Waals surface area contributed by atoms with Crippen LogP contribution in [0.4, 0.5) is 0 Å². The van der Waals surface area contributed by atoms with E-state index in [0.717, 1.165) is 24.7 Å². The lowest BCUT2D eigenvalue weighted by Gasteiger charge is -2.13. The lowest BCUT2D eigenvalue weighted by atomic mass is 10.1. The molecule has 4 N–H and O–H groups in total. The van der Waals surface area contributed by atoms with Crippen molar-refractivity contribution in [2.75, 3.05) is 52.7 Å². The van der Waals surface area contributed by atoms with E-state index in [1.165, 1.54) is 18.4 Å². The average molecular weight is 352 g/mol. The van der Waals surface area contributed by atoms with E-state index in [4.69, 9.17) is 19.9 Å². The molecule has 0 spiro atoms. The molecule has 0 amide bonds. The maximum Gasteiger partial charge on any atom is 0.119 e. The van der Waals surface area contributed by atoms with Crippen LogP contribution in [-0.2, 0) is 15.9 Å². The smallest absolute Gasteiger partial charge is 0.119 e. The fraction of sp³-hybridized carbons (Fsp3) is 0.684. The van der Waals surface area contributed by atoms with Gasteiger partial charge in [-0.05, 0) is 42.9 Å². The molecule has 142 valence electrons. The molecule has 1 atom stereocenters. The summed E-state index contributed by atoms with van der Waals surface area (Å²) in [4.78, 5) is 0. The van der Waals surface area contributed by atoms with Gasteiger partial charge < -0.3 is 30.4 Å². The number of benzene rings is 1. The third kappa shape index (κ3) is 9.77. The molecule has 1 saturated carbocycles. The summed E-state index contributed by atoms with van der Waals surface area (Å²) in [5, 5.41) is 12.8. The summed E-state index contributed by atoms with van der Waals surface area (Å²) in [5.74, 6) is 1.57. The van der Waals surface area contributed by atoms with Gasteiger partial charge in [0.2, 0.25) is 0 Å². The van der Waals surface area contributed by atoms with Gasteiger partial charge in [-0.25, -0.2) is 0 Å². The minimum Gasteiger partial charge on any atom is -0.491 e. The molecule has 0 heterocycles. The van der Waals surface area contributed by atoms with Crippen molar-refractivity contribution in [2.24, 2.45) is 11.7 Å². The highest BCUT2D eigenvalue weighted by atomic mass is 16.5. The Morgan fingerprint density at radius 1 is 1.12 bits per heavy atom. The maximum atomic E-state index is 9.78. The molecule has 6 heteroatoms. The van der Waals surface area contributed by atoms with Gasteiger partial charge in [-0.1, -0.05) is 12.1 Å². The Bertz CT molecular complexity index is 451. The molecule has 6 nitrogen and oxygen atoms in total. The van der Waals surface area contributed by atoms with Crippen molar-refractivity contribution in [1.82, 2.24) is 5.32 Å². The Morgan fingerprint density at radius 3 is 2.60 bits per heavy atom. The normalized spacial score (nSPS) is 15.3. The molecule has 0 radical (unpaired) electrons. The quantitative estimate of drug-likeness (QED) is 0.408. The summed E-state index contributed by atoms with van der Waals surface area (Å²) in [6.07, 6.45) is 2.98. The van der Waals surface area contributed by atoms with Gasteiger partial charge in [-0.15, -0.1) is 0 Å². The first-order valence-corrected chi connectivity index (χ1v) is 9.24. The Kier molecular flexibility index (Phi) is 9.84. The zero-order chi connectivity index (χ0) is 17.7. The Balaban J connectivity index is 1.50. The topological polar surface area (TPSA) is 86.0 Å². The van der Waals surface area contributed by atoms with Gasteiger partial charge in [-0.3, -0.25) is 0 Å². The van der Waals surface area contributed by atoms with Crippen molar-refractivity contribution < 1.29 is 19.3 Å². The number of aliphatic hydroxyl groups excluding tert-OH is 1. The van der Waals surface area contributed by atoms with Crippen LogP contribution in [0.3, 0.4) is 0 Å². The number of hydrogen-bond acceptors (Lipinski definition) is 6. The molecular formula is C19H32N2O4. The lowest BCUT2D eigenvalue weighted by Crippen LogP contribution is -2.34. The molecule has 0 saturated heterocycles. The SMILES string of the molecule is NCCNC[C@H](O)COc1ccc(CCOCCOCC2CC2)cc1. The van der Waals surface area contributed by atoms with Gasteiger partial charge in [0.25, 0.3) is 0 Å². The molecule has 25 heavy (non-hydrogen) atoms. The number of aliphatic hydroxyl groups is 1. The summed E-state index contributed by atoms with van der Waals surface area (Å²) in [7, 11) is 0. The largest absolute Gasteiger partial charge is 0.491 e. The molecule has 0 unspecified atom stereocenters. The molecule has 1 aliphatic carbocycles. The highest BCUT2D eigenvalue weighted by molar-refractivity contribution is 5.27. The van der Waals surface area contributed by atoms with Gasteiger partial charge in [0.1, 0.15) is 18.5 Å². The van der Waals surface area contributed by atoms with Crippen LogP contribution < -0.4 is 15.8 Å². The molecule has 0 bridgehead atoms. The predicted molar refractivity (Wildman–Crippen MR) is 97.9 cm³/mol. The number of nitrogens with one attached hydrogen (secondary N) is 1. The monoisotopic (exact) mass is 352 g/mol. The molecule has 0 aromatic heterocycles. The third-order valence-corrected chi connectivity index (χ3v) is 4.02. The highest BCUT2D eigenvalue weighted by Crippen LogP contribution is 2.28. The van der Waals surface area contributed by atoms with Crippen LogP contribution in [0.2, 0.25) is 0 Å². The second-order valence-electron chi connectivity index (χ2n) is 6.48.